The first-order valence-corrected chi connectivity index (χ1v) is 5.40. The molecule has 18 heavy (non-hydrogen) atoms. The molecule has 1 N–H and O–H groups in total. The van der Waals surface area contributed by atoms with Crippen molar-refractivity contribution in [3.8, 4) is 0 Å². The van der Waals surface area contributed by atoms with Gasteiger partial charge in [-0.05, 0) is 18.2 Å². The fourth-order valence-electron chi connectivity index (χ4n) is 1.23. The Hall–Kier alpha value is -1.43. The van der Waals surface area contributed by atoms with Gasteiger partial charge in [0.25, 0.3) is 0 Å². The Morgan fingerprint density at radius 1 is 1.39 bits per heavy atom. The monoisotopic (exact) mass is 280 g/mol. The number of halogens is 4. The second-order valence-electron chi connectivity index (χ2n) is 3.83. The van der Waals surface area contributed by atoms with Crippen LogP contribution in [0.5, 0.6) is 0 Å². The van der Waals surface area contributed by atoms with Crippen molar-refractivity contribution in [2.24, 2.45) is 0 Å². The highest BCUT2D eigenvalue weighted by Gasteiger charge is 2.33. The van der Waals surface area contributed by atoms with Crippen LogP contribution in [-0.4, -0.2) is 31.4 Å². The van der Waals surface area contributed by atoms with Gasteiger partial charge in [0.2, 0.25) is 5.91 Å². The number of nitrogens with zero attached hydrogens (tertiary/aromatic N) is 1. The number of amides is 1. The molecule has 0 saturated carbocycles. The third-order valence-electron chi connectivity index (χ3n) is 2.22. The maximum absolute atomic E-state index is 12.7. The molecule has 1 aromatic rings. The quantitative estimate of drug-likeness (QED) is 0.923. The van der Waals surface area contributed by atoms with Crippen LogP contribution in [0.25, 0.3) is 0 Å². The van der Waals surface area contributed by atoms with Crippen molar-refractivity contribution in [2.75, 3.05) is 26.0 Å². The fraction of sp³-hybridized carbons (Fsp3) is 0.364. The maximum Gasteiger partial charge on any atom is 0.418 e. The first-order valence-electron chi connectivity index (χ1n) is 5.02. The van der Waals surface area contributed by atoms with Crippen molar-refractivity contribution >= 4 is 23.2 Å². The molecule has 1 rings (SSSR count). The zero-order chi connectivity index (χ0) is 13.9. The number of benzene rings is 1. The molecule has 1 amide bonds. The first kappa shape index (κ1) is 14.6. The van der Waals surface area contributed by atoms with Crippen LogP contribution in [0, 0.1) is 0 Å². The number of hydrogen-bond acceptors (Lipinski definition) is 2. The topological polar surface area (TPSA) is 32.3 Å². The Morgan fingerprint density at radius 3 is 2.50 bits per heavy atom. The van der Waals surface area contributed by atoms with Crippen LogP contribution in [-0.2, 0) is 11.0 Å². The summed E-state index contributed by atoms with van der Waals surface area (Å²) in [6, 6.07) is 3.36. The summed E-state index contributed by atoms with van der Waals surface area (Å²) >= 11 is 5.53. The van der Waals surface area contributed by atoms with Gasteiger partial charge >= 0.3 is 6.18 Å². The molecule has 0 aliphatic heterocycles. The number of alkyl halides is 3. The Kier molecular flexibility index (Phi) is 4.45. The predicted octanol–water partition coefficient (Wildman–Crippen LogP) is 2.86. The van der Waals surface area contributed by atoms with Crippen molar-refractivity contribution in [3.05, 3.63) is 28.8 Å². The molecule has 7 heteroatoms. The summed E-state index contributed by atoms with van der Waals surface area (Å²) in [5.41, 5.74) is -1.05. The van der Waals surface area contributed by atoms with E-state index in [1.54, 1.807) is 0 Å². The molecule has 0 aliphatic rings. The van der Waals surface area contributed by atoms with Crippen molar-refractivity contribution in [2.45, 2.75) is 6.18 Å². The van der Waals surface area contributed by atoms with Gasteiger partial charge in [0.05, 0.1) is 12.1 Å². The largest absolute Gasteiger partial charge is 0.418 e. The van der Waals surface area contributed by atoms with Gasteiger partial charge in [0.1, 0.15) is 0 Å². The van der Waals surface area contributed by atoms with Crippen LogP contribution >= 0.6 is 11.6 Å². The second kappa shape index (κ2) is 5.48. The third-order valence-corrected chi connectivity index (χ3v) is 2.45. The van der Waals surface area contributed by atoms with Gasteiger partial charge < -0.3 is 10.2 Å². The number of carbonyl (C=O) groups excluding carboxylic acids is 1. The molecule has 0 aromatic heterocycles. The highest BCUT2D eigenvalue weighted by atomic mass is 35.5. The summed E-state index contributed by atoms with van der Waals surface area (Å²) in [4.78, 5) is 12.6. The summed E-state index contributed by atoms with van der Waals surface area (Å²) in [7, 11) is 3.05. The SMILES string of the molecule is CN(C)C(=O)CNc1ccc(Cl)cc1C(F)(F)F. The average Bonchev–Trinajstić information content (AvgIpc) is 2.25. The highest BCUT2D eigenvalue weighted by Crippen LogP contribution is 2.36. The van der Waals surface area contributed by atoms with E-state index in [0.717, 1.165) is 6.07 Å². The lowest BCUT2D eigenvalue weighted by Crippen LogP contribution is -2.29. The minimum absolute atomic E-state index is 0.00758. The zero-order valence-electron chi connectivity index (χ0n) is 9.81. The number of carbonyl (C=O) groups is 1. The lowest BCUT2D eigenvalue weighted by atomic mass is 10.1. The fourth-order valence-corrected chi connectivity index (χ4v) is 1.41. The summed E-state index contributed by atoms with van der Waals surface area (Å²) in [6.07, 6.45) is -4.52. The number of nitrogens with one attached hydrogen (secondary N) is 1. The van der Waals surface area contributed by atoms with E-state index < -0.39 is 11.7 Å². The minimum atomic E-state index is -4.52. The molecule has 0 saturated heterocycles. The summed E-state index contributed by atoms with van der Waals surface area (Å²) in [5, 5.41) is 2.45. The maximum atomic E-state index is 12.7. The van der Waals surface area contributed by atoms with Gasteiger partial charge in [-0.2, -0.15) is 13.2 Å². The summed E-state index contributed by atoms with van der Waals surface area (Å²) < 4.78 is 38.2. The van der Waals surface area contributed by atoms with E-state index in [-0.39, 0.29) is 23.2 Å². The van der Waals surface area contributed by atoms with Crippen LogP contribution in [0.4, 0.5) is 18.9 Å². The number of hydrogen-bond donors (Lipinski definition) is 1. The smallest absolute Gasteiger partial charge is 0.376 e. The molecule has 0 fully saturated rings. The molecule has 0 bridgehead atoms. The van der Waals surface area contributed by atoms with Gasteiger partial charge in [-0.15, -0.1) is 0 Å². The van der Waals surface area contributed by atoms with Gasteiger partial charge in [-0.1, -0.05) is 11.6 Å². The van der Waals surface area contributed by atoms with Gasteiger partial charge in [0.15, 0.2) is 0 Å². The molecule has 0 unspecified atom stereocenters. The molecule has 3 nitrogen and oxygen atoms in total. The highest BCUT2D eigenvalue weighted by molar-refractivity contribution is 6.30. The van der Waals surface area contributed by atoms with Crippen molar-refractivity contribution in [3.63, 3.8) is 0 Å². The van der Waals surface area contributed by atoms with E-state index in [2.05, 4.69) is 5.32 Å². The van der Waals surface area contributed by atoms with Gasteiger partial charge in [-0.25, -0.2) is 0 Å². The number of anilines is 1. The summed E-state index contributed by atoms with van der Waals surface area (Å²) in [5.74, 6) is -0.321. The molecule has 0 atom stereocenters. The Labute approximate surface area is 108 Å². The van der Waals surface area contributed by atoms with E-state index >= 15 is 0 Å². The van der Waals surface area contributed by atoms with Crippen molar-refractivity contribution in [1.29, 1.82) is 0 Å². The lowest BCUT2D eigenvalue weighted by molar-refractivity contribution is -0.137. The molecule has 100 valence electrons. The van der Waals surface area contributed by atoms with Gasteiger partial charge in [0, 0.05) is 24.8 Å². The normalized spacial score (nSPS) is 11.2. The molecular formula is C11H12ClF3N2O. The third kappa shape index (κ3) is 3.80. The van der Waals surface area contributed by atoms with Crippen LogP contribution in [0.15, 0.2) is 18.2 Å². The summed E-state index contributed by atoms with van der Waals surface area (Å²) in [6.45, 7) is -0.211. The van der Waals surface area contributed by atoms with Crippen LogP contribution in [0.1, 0.15) is 5.56 Å². The second-order valence-corrected chi connectivity index (χ2v) is 4.27. The van der Waals surface area contributed by atoms with Crippen molar-refractivity contribution < 1.29 is 18.0 Å². The van der Waals surface area contributed by atoms with Crippen LogP contribution in [0.2, 0.25) is 5.02 Å². The zero-order valence-corrected chi connectivity index (χ0v) is 10.6. The average molecular weight is 281 g/mol. The molecule has 1 aromatic carbocycles. The predicted molar refractivity (Wildman–Crippen MR) is 63.6 cm³/mol. The first-order chi connectivity index (χ1) is 8.21. The molecular weight excluding hydrogens is 269 g/mol. The number of rotatable bonds is 3. The Balaban J connectivity index is 2.92. The van der Waals surface area contributed by atoms with E-state index in [1.807, 2.05) is 0 Å². The van der Waals surface area contributed by atoms with E-state index in [9.17, 15) is 18.0 Å². The Bertz CT molecular complexity index is 446. The molecule has 0 heterocycles. The van der Waals surface area contributed by atoms with E-state index in [0.29, 0.717) is 0 Å². The number of likely N-dealkylation sites (N-methyl/N-ethyl adjacent to an activating group) is 1. The van der Waals surface area contributed by atoms with E-state index in [1.165, 1.54) is 31.1 Å². The molecule has 0 spiro atoms. The molecule has 0 aliphatic carbocycles. The Morgan fingerprint density at radius 2 is 2.00 bits per heavy atom. The van der Waals surface area contributed by atoms with Gasteiger partial charge in [-0.3, -0.25) is 4.79 Å². The van der Waals surface area contributed by atoms with E-state index in [4.69, 9.17) is 11.6 Å². The lowest BCUT2D eigenvalue weighted by Gasteiger charge is -2.16. The van der Waals surface area contributed by atoms with Crippen molar-refractivity contribution in [1.82, 2.24) is 4.90 Å². The standard InChI is InChI=1S/C11H12ClF3N2O/c1-17(2)10(18)6-16-9-4-3-7(12)5-8(9)11(13,14)15/h3-5,16H,6H2,1-2H3. The van der Waals surface area contributed by atoms with Crippen LogP contribution < -0.4 is 5.32 Å². The minimum Gasteiger partial charge on any atom is -0.376 e. The van der Waals surface area contributed by atoms with Crippen LogP contribution in [0.3, 0.4) is 0 Å². The molecule has 0 radical (unpaired) electrons.